The van der Waals surface area contributed by atoms with E-state index in [0.29, 0.717) is 0 Å². The van der Waals surface area contributed by atoms with Crippen LogP contribution < -0.4 is 0 Å². The summed E-state index contributed by atoms with van der Waals surface area (Å²) < 4.78 is 5.70. The van der Waals surface area contributed by atoms with Crippen LogP contribution in [0.4, 0.5) is 0 Å². The number of rotatable bonds is 3. The molecular formula is C16H30N4OS3. The van der Waals surface area contributed by atoms with Crippen LogP contribution in [-0.4, -0.2) is 119 Å². The number of hydrazine groups is 1. The van der Waals surface area contributed by atoms with Crippen LogP contribution in [0.3, 0.4) is 0 Å². The van der Waals surface area contributed by atoms with E-state index in [1.165, 1.54) is 67.2 Å². The second-order valence-corrected chi connectivity index (χ2v) is 10.3. The topological polar surface area (TPSA) is 22.2 Å². The lowest BCUT2D eigenvalue weighted by Gasteiger charge is -2.62. The first kappa shape index (κ1) is 18.2. The molecular weight excluding hydrogens is 360 g/mol. The van der Waals surface area contributed by atoms with E-state index < -0.39 is 0 Å². The normalized spacial score (nSPS) is 36.0. The van der Waals surface area contributed by atoms with Crippen molar-refractivity contribution >= 4 is 35.3 Å². The highest BCUT2D eigenvalue weighted by atomic mass is 32.2. The van der Waals surface area contributed by atoms with Crippen LogP contribution in [0.2, 0.25) is 0 Å². The molecule has 0 amide bonds. The number of thioether (sulfide) groups is 3. The van der Waals surface area contributed by atoms with Crippen molar-refractivity contribution in [1.29, 1.82) is 0 Å². The minimum atomic E-state index is 0.0791. The van der Waals surface area contributed by atoms with E-state index in [1.54, 1.807) is 0 Å². The van der Waals surface area contributed by atoms with Gasteiger partial charge in [0.15, 0.2) is 5.79 Å². The van der Waals surface area contributed by atoms with Crippen molar-refractivity contribution in [2.75, 3.05) is 93.5 Å². The molecule has 8 heteroatoms. The van der Waals surface area contributed by atoms with Crippen molar-refractivity contribution in [3.8, 4) is 0 Å². The molecule has 138 valence electrons. The Kier molecular flexibility index (Phi) is 6.60. The molecule has 0 radical (unpaired) electrons. The Morgan fingerprint density at radius 1 is 0.625 bits per heavy atom. The molecule has 4 aliphatic rings. The first-order valence-corrected chi connectivity index (χ1v) is 12.7. The quantitative estimate of drug-likeness (QED) is 0.704. The highest BCUT2D eigenvalue weighted by Crippen LogP contribution is 2.37. The molecule has 0 bridgehead atoms. The fourth-order valence-electron chi connectivity index (χ4n) is 4.33. The summed E-state index contributed by atoms with van der Waals surface area (Å²) in [4.78, 5) is 5.56. The van der Waals surface area contributed by atoms with E-state index in [1.807, 2.05) is 0 Å². The summed E-state index contributed by atoms with van der Waals surface area (Å²) >= 11 is 6.38. The number of morpholine rings is 1. The van der Waals surface area contributed by atoms with Gasteiger partial charge in [-0.05, 0) is 0 Å². The monoisotopic (exact) mass is 390 g/mol. The van der Waals surface area contributed by atoms with Crippen LogP contribution in [0.15, 0.2) is 0 Å². The average Bonchev–Trinajstić information content (AvgIpc) is 2.70. The smallest absolute Gasteiger partial charge is 0.153 e. The van der Waals surface area contributed by atoms with Crippen molar-refractivity contribution in [2.24, 2.45) is 0 Å². The molecule has 4 saturated heterocycles. The molecule has 4 fully saturated rings. The second-order valence-electron chi connectivity index (χ2n) is 6.71. The third kappa shape index (κ3) is 3.63. The molecule has 1 unspecified atom stereocenters. The van der Waals surface area contributed by atoms with Crippen molar-refractivity contribution in [3.63, 3.8) is 0 Å². The van der Waals surface area contributed by atoms with Gasteiger partial charge in [0, 0.05) is 80.3 Å². The molecule has 5 nitrogen and oxygen atoms in total. The van der Waals surface area contributed by atoms with E-state index >= 15 is 0 Å². The Morgan fingerprint density at radius 2 is 1.21 bits per heavy atom. The van der Waals surface area contributed by atoms with Gasteiger partial charge in [-0.3, -0.25) is 9.80 Å². The molecule has 0 spiro atoms. The lowest BCUT2D eigenvalue weighted by Crippen LogP contribution is -2.78. The number of nitrogens with zero attached hydrogens (tertiary/aromatic N) is 4. The van der Waals surface area contributed by atoms with E-state index in [4.69, 9.17) is 4.74 Å². The van der Waals surface area contributed by atoms with Crippen molar-refractivity contribution < 1.29 is 4.74 Å². The first-order valence-electron chi connectivity index (χ1n) is 9.25. The summed E-state index contributed by atoms with van der Waals surface area (Å²) in [5, 5.41) is 5.47. The van der Waals surface area contributed by atoms with Crippen LogP contribution in [0.25, 0.3) is 0 Å². The van der Waals surface area contributed by atoms with Gasteiger partial charge in [-0.25, -0.2) is 10.0 Å². The summed E-state index contributed by atoms with van der Waals surface area (Å²) in [6.45, 7) is 9.98. The molecule has 0 aromatic rings. The highest BCUT2D eigenvalue weighted by Gasteiger charge is 2.51. The summed E-state index contributed by atoms with van der Waals surface area (Å²) in [5.41, 5.74) is 0. The van der Waals surface area contributed by atoms with Crippen LogP contribution >= 0.6 is 35.3 Å². The Bertz CT molecular complexity index is 381. The second kappa shape index (κ2) is 8.69. The van der Waals surface area contributed by atoms with Crippen LogP contribution in [-0.2, 0) is 4.74 Å². The Hall–Kier alpha value is 0.850. The van der Waals surface area contributed by atoms with Gasteiger partial charge in [0.2, 0.25) is 0 Å². The molecule has 4 aliphatic heterocycles. The van der Waals surface area contributed by atoms with Gasteiger partial charge in [-0.2, -0.15) is 35.3 Å². The molecule has 24 heavy (non-hydrogen) atoms. The predicted octanol–water partition coefficient (Wildman–Crippen LogP) is 1.03. The zero-order chi connectivity index (χ0) is 16.2. The molecule has 0 aliphatic carbocycles. The summed E-state index contributed by atoms with van der Waals surface area (Å²) in [7, 11) is 0. The van der Waals surface area contributed by atoms with Crippen molar-refractivity contribution in [1.82, 2.24) is 19.8 Å². The van der Waals surface area contributed by atoms with Gasteiger partial charge < -0.3 is 4.74 Å². The van der Waals surface area contributed by atoms with E-state index in [0.717, 1.165) is 26.3 Å². The van der Waals surface area contributed by atoms with Crippen LogP contribution in [0.1, 0.15) is 0 Å². The van der Waals surface area contributed by atoms with E-state index in [9.17, 15) is 0 Å². The average molecular weight is 391 g/mol. The van der Waals surface area contributed by atoms with Gasteiger partial charge in [-0.1, -0.05) is 0 Å². The SMILES string of the molecule is C1CN(C2(N3CCSCC3)CSCCN2N2CCSCC2)CCO1. The van der Waals surface area contributed by atoms with Gasteiger partial charge >= 0.3 is 0 Å². The van der Waals surface area contributed by atoms with Crippen LogP contribution in [0, 0.1) is 0 Å². The fraction of sp³-hybridized carbons (Fsp3) is 1.00. The predicted molar refractivity (Wildman–Crippen MR) is 107 cm³/mol. The Morgan fingerprint density at radius 3 is 1.92 bits per heavy atom. The maximum atomic E-state index is 5.70. The highest BCUT2D eigenvalue weighted by molar-refractivity contribution is 7.99. The Balaban J connectivity index is 1.64. The number of hydrogen-bond acceptors (Lipinski definition) is 8. The molecule has 1 atom stereocenters. The third-order valence-electron chi connectivity index (χ3n) is 5.52. The zero-order valence-electron chi connectivity index (χ0n) is 14.5. The number of hydrogen-bond donors (Lipinski definition) is 0. The lowest BCUT2D eigenvalue weighted by molar-refractivity contribution is -0.245. The summed E-state index contributed by atoms with van der Waals surface area (Å²) in [5.74, 6) is 7.66. The standard InChI is InChI=1S/C16H30N4OS3/c1-8-21-9-2-17(1)16(18-3-10-22-11-4-18)15-24-14-7-20(16)19-5-12-23-13-6-19/h1-15H2. The molecule has 4 heterocycles. The third-order valence-corrected chi connectivity index (χ3v) is 8.47. The fourth-order valence-corrected chi connectivity index (χ4v) is 7.35. The molecule has 0 aromatic carbocycles. The number of ether oxygens (including phenoxy) is 1. The van der Waals surface area contributed by atoms with Crippen LogP contribution in [0.5, 0.6) is 0 Å². The van der Waals surface area contributed by atoms with Gasteiger partial charge in [0.05, 0.1) is 13.2 Å². The molecule has 0 saturated carbocycles. The molecule has 0 N–H and O–H groups in total. The first-order chi connectivity index (χ1) is 11.9. The maximum absolute atomic E-state index is 5.70. The van der Waals surface area contributed by atoms with Gasteiger partial charge in [-0.15, -0.1) is 0 Å². The van der Waals surface area contributed by atoms with Gasteiger partial charge in [0.25, 0.3) is 0 Å². The molecule has 0 aromatic heterocycles. The van der Waals surface area contributed by atoms with Gasteiger partial charge in [0.1, 0.15) is 0 Å². The maximum Gasteiger partial charge on any atom is 0.153 e. The molecule has 4 rings (SSSR count). The summed E-state index contributed by atoms with van der Waals surface area (Å²) in [6.07, 6.45) is 0. The van der Waals surface area contributed by atoms with E-state index in [-0.39, 0.29) is 5.79 Å². The van der Waals surface area contributed by atoms with E-state index in [2.05, 4.69) is 55.1 Å². The lowest BCUT2D eigenvalue weighted by atomic mass is 10.2. The zero-order valence-corrected chi connectivity index (χ0v) is 17.0. The van der Waals surface area contributed by atoms with Crippen molar-refractivity contribution in [3.05, 3.63) is 0 Å². The Labute approximate surface area is 159 Å². The largest absolute Gasteiger partial charge is 0.379 e. The minimum Gasteiger partial charge on any atom is -0.379 e. The minimum absolute atomic E-state index is 0.0791. The van der Waals surface area contributed by atoms with Crippen molar-refractivity contribution in [2.45, 2.75) is 5.79 Å². The summed E-state index contributed by atoms with van der Waals surface area (Å²) in [6, 6.07) is 0.